The van der Waals surface area contributed by atoms with Gasteiger partial charge >= 0.3 is 6.09 Å². The van der Waals surface area contributed by atoms with Gasteiger partial charge in [-0.05, 0) is 19.9 Å². The zero-order valence-electron chi connectivity index (χ0n) is 14.2. The van der Waals surface area contributed by atoms with Crippen LogP contribution in [0.1, 0.15) is 31.9 Å². The Bertz CT molecular complexity index is 619. The van der Waals surface area contributed by atoms with Crippen molar-refractivity contribution in [3.05, 3.63) is 29.8 Å². The van der Waals surface area contributed by atoms with Gasteiger partial charge in [0.1, 0.15) is 5.75 Å². The molecular weight excluding hydrogens is 308 g/mol. The minimum Gasteiger partial charge on any atom is -0.493 e. The Labute approximate surface area is 142 Å². The van der Waals surface area contributed by atoms with Crippen LogP contribution in [0.3, 0.4) is 0 Å². The highest BCUT2D eigenvalue weighted by atomic mass is 16.6. The Morgan fingerprint density at radius 1 is 1.33 bits per heavy atom. The number of carbonyl (C=O) groups excluding carboxylic acids is 2. The number of hydrogen-bond donors (Lipinski definition) is 0. The van der Waals surface area contributed by atoms with Crippen molar-refractivity contribution in [3.63, 3.8) is 0 Å². The molecular formula is C18H24N2O4. The number of rotatable bonds is 2. The van der Waals surface area contributed by atoms with E-state index >= 15 is 0 Å². The number of benzene rings is 1. The van der Waals surface area contributed by atoms with E-state index in [1.165, 1.54) is 0 Å². The van der Waals surface area contributed by atoms with Crippen molar-refractivity contribution in [1.82, 2.24) is 9.80 Å². The molecule has 1 aromatic carbocycles. The quantitative estimate of drug-likeness (QED) is 0.835. The maximum Gasteiger partial charge on any atom is 0.410 e. The third-order valence-corrected chi connectivity index (χ3v) is 4.73. The van der Waals surface area contributed by atoms with Crippen LogP contribution >= 0.6 is 0 Å². The average Bonchev–Trinajstić information content (AvgIpc) is 2.59. The van der Waals surface area contributed by atoms with Gasteiger partial charge in [-0.1, -0.05) is 18.2 Å². The molecule has 130 valence electrons. The molecule has 0 N–H and O–H groups in total. The predicted octanol–water partition coefficient (Wildman–Crippen LogP) is 2.45. The van der Waals surface area contributed by atoms with Crippen molar-refractivity contribution in [1.29, 1.82) is 0 Å². The first-order valence-corrected chi connectivity index (χ1v) is 8.58. The molecule has 24 heavy (non-hydrogen) atoms. The Morgan fingerprint density at radius 3 is 2.88 bits per heavy atom. The first-order chi connectivity index (χ1) is 11.7. The van der Waals surface area contributed by atoms with E-state index < -0.39 is 0 Å². The highest BCUT2D eigenvalue weighted by Crippen LogP contribution is 2.40. The zero-order chi connectivity index (χ0) is 17.1. The summed E-state index contributed by atoms with van der Waals surface area (Å²) in [6, 6.07) is 7.68. The lowest BCUT2D eigenvalue weighted by atomic mass is 9.88. The lowest BCUT2D eigenvalue weighted by Crippen LogP contribution is -2.51. The molecule has 2 heterocycles. The van der Waals surface area contributed by atoms with E-state index in [4.69, 9.17) is 9.47 Å². The van der Waals surface area contributed by atoms with Crippen LogP contribution in [0.4, 0.5) is 4.79 Å². The van der Waals surface area contributed by atoms with Crippen LogP contribution in [0, 0.1) is 5.92 Å². The van der Waals surface area contributed by atoms with Gasteiger partial charge in [0.15, 0.2) is 0 Å². The number of para-hydroxylation sites is 1. The van der Waals surface area contributed by atoms with Crippen LogP contribution in [0.15, 0.2) is 24.3 Å². The molecule has 0 saturated carbocycles. The monoisotopic (exact) mass is 332 g/mol. The summed E-state index contributed by atoms with van der Waals surface area (Å²) in [6.07, 6.45) is -0.0410. The van der Waals surface area contributed by atoms with Crippen molar-refractivity contribution < 1.29 is 19.1 Å². The first-order valence-electron chi connectivity index (χ1n) is 8.58. The standard InChI is InChI=1S/C18H24N2O4/c1-3-19-11-13-12-24-15-8-6-5-7-14(15)17(13)20(10-9-16(19)21)18(22)23-4-2/h5-8,13,17H,3-4,9-12H2,1-2H3/t13-,17-/m0/s1. The third kappa shape index (κ3) is 3.05. The van der Waals surface area contributed by atoms with Gasteiger partial charge in [-0.15, -0.1) is 0 Å². The Morgan fingerprint density at radius 2 is 2.12 bits per heavy atom. The SMILES string of the molecule is CCOC(=O)N1CCC(=O)N(CC)C[C@H]2COc3ccccc3[C@H]21. The van der Waals surface area contributed by atoms with Gasteiger partial charge in [-0.3, -0.25) is 4.79 Å². The predicted molar refractivity (Wildman–Crippen MR) is 88.8 cm³/mol. The second-order valence-corrected chi connectivity index (χ2v) is 6.13. The van der Waals surface area contributed by atoms with E-state index in [1.54, 1.807) is 11.8 Å². The molecule has 2 amide bonds. The molecule has 6 heteroatoms. The minimum absolute atomic E-state index is 0.0357. The molecule has 6 nitrogen and oxygen atoms in total. The van der Waals surface area contributed by atoms with Crippen molar-refractivity contribution in [2.75, 3.05) is 32.8 Å². The Hall–Kier alpha value is -2.24. The van der Waals surface area contributed by atoms with Crippen LogP contribution in [-0.2, 0) is 9.53 Å². The first kappa shape index (κ1) is 16.6. The molecule has 0 aliphatic carbocycles. The molecule has 0 radical (unpaired) electrons. The van der Waals surface area contributed by atoms with Gasteiger partial charge in [0.05, 0.1) is 19.3 Å². The van der Waals surface area contributed by atoms with Crippen LogP contribution in [0.2, 0.25) is 0 Å². The van der Waals surface area contributed by atoms with Crippen molar-refractivity contribution in [2.45, 2.75) is 26.3 Å². The summed E-state index contributed by atoms with van der Waals surface area (Å²) in [4.78, 5) is 28.4. The number of carbonyl (C=O) groups is 2. The van der Waals surface area contributed by atoms with Crippen LogP contribution in [-0.4, -0.2) is 54.6 Å². The molecule has 1 saturated heterocycles. The fraction of sp³-hybridized carbons (Fsp3) is 0.556. The van der Waals surface area contributed by atoms with Gasteiger partial charge in [0.2, 0.25) is 5.91 Å². The van der Waals surface area contributed by atoms with E-state index in [0.717, 1.165) is 11.3 Å². The lowest BCUT2D eigenvalue weighted by molar-refractivity contribution is -0.134. The van der Waals surface area contributed by atoms with Crippen molar-refractivity contribution in [3.8, 4) is 5.75 Å². The molecule has 2 aliphatic rings. The molecule has 2 aliphatic heterocycles. The highest BCUT2D eigenvalue weighted by molar-refractivity contribution is 5.78. The molecule has 0 bridgehead atoms. The van der Waals surface area contributed by atoms with Crippen molar-refractivity contribution in [2.24, 2.45) is 5.92 Å². The van der Waals surface area contributed by atoms with Gasteiger partial charge in [-0.25, -0.2) is 4.79 Å². The third-order valence-electron chi connectivity index (χ3n) is 4.73. The largest absolute Gasteiger partial charge is 0.493 e. The fourth-order valence-corrected chi connectivity index (χ4v) is 3.59. The van der Waals surface area contributed by atoms with Crippen LogP contribution in [0.5, 0.6) is 5.75 Å². The molecule has 0 unspecified atom stereocenters. The number of ether oxygens (including phenoxy) is 2. The minimum atomic E-state index is -0.359. The van der Waals surface area contributed by atoms with Crippen LogP contribution in [0.25, 0.3) is 0 Å². The molecule has 1 aromatic rings. The zero-order valence-corrected chi connectivity index (χ0v) is 14.2. The average molecular weight is 332 g/mol. The molecule has 0 aromatic heterocycles. The smallest absolute Gasteiger partial charge is 0.410 e. The summed E-state index contributed by atoms with van der Waals surface area (Å²) >= 11 is 0. The molecule has 3 rings (SSSR count). The molecule has 0 spiro atoms. The lowest BCUT2D eigenvalue weighted by Gasteiger charge is -2.43. The number of hydrogen-bond acceptors (Lipinski definition) is 4. The number of fused-ring (bicyclic) bond motifs is 3. The summed E-state index contributed by atoms with van der Waals surface area (Å²) in [6.45, 7) is 6.20. The molecule has 2 atom stereocenters. The maximum atomic E-state index is 12.5. The van der Waals surface area contributed by atoms with E-state index in [9.17, 15) is 9.59 Å². The summed E-state index contributed by atoms with van der Waals surface area (Å²) in [7, 11) is 0. The van der Waals surface area contributed by atoms with Gasteiger partial charge in [0, 0.05) is 37.5 Å². The summed E-state index contributed by atoms with van der Waals surface area (Å²) in [5, 5.41) is 0. The molecule has 1 fully saturated rings. The van der Waals surface area contributed by atoms with E-state index in [0.29, 0.717) is 39.3 Å². The highest BCUT2D eigenvalue weighted by Gasteiger charge is 2.41. The second-order valence-electron chi connectivity index (χ2n) is 6.13. The topological polar surface area (TPSA) is 59.1 Å². The normalized spacial score (nSPS) is 23.5. The maximum absolute atomic E-state index is 12.5. The Kier molecular flexibility index (Phi) is 4.92. The van der Waals surface area contributed by atoms with Gasteiger partial charge in [0.25, 0.3) is 0 Å². The summed E-state index contributed by atoms with van der Waals surface area (Å²) in [5.41, 5.74) is 0.993. The summed E-state index contributed by atoms with van der Waals surface area (Å²) in [5.74, 6) is 0.917. The number of amides is 2. The van der Waals surface area contributed by atoms with Crippen LogP contribution < -0.4 is 4.74 Å². The Balaban J connectivity index is 1.99. The second kappa shape index (κ2) is 7.11. The van der Waals surface area contributed by atoms with Gasteiger partial charge < -0.3 is 19.3 Å². The summed E-state index contributed by atoms with van der Waals surface area (Å²) < 4.78 is 11.1. The van der Waals surface area contributed by atoms with E-state index in [-0.39, 0.29) is 24.0 Å². The van der Waals surface area contributed by atoms with E-state index in [2.05, 4.69) is 0 Å². The fourth-order valence-electron chi connectivity index (χ4n) is 3.59. The van der Waals surface area contributed by atoms with Crippen molar-refractivity contribution >= 4 is 12.0 Å². The van der Waals surface area contributed by atoms with E-state index in [1.807, 2.05) is 36.1 Å². The number of nitrogens with zero attached hydrogens (tertiary/aromatic N) is 2. The van der Waals surface area contributed by atoms with Gasteiger partial charge in [-0.2, -0.15) is 0 Å².